The molecule has 0 fully saturated rings. The Labute approximate surface area is 120 Å². The molecule has 0 aliphatic heterocycles. The predicted octanol–water partition coefficient (Wildman–Crippen LogP) is 2.49. The molecule has 0 atom stereocenters. The van der Waals surface area contributed by atoms with Crippen molar-refractivity contribution in [2.75, 3.05) is 12.8 Å². The van der Waals surface area contributed by atoms with Gasteiger partial charge in [0.15, 0.2) is 0 Å². The molecule has 0 aliphatic rings. The van der Waals surface area contributed by atoms with Crippen LogP contribution in [0.5, 0.6) is 5.75 Å². The fourth-order valence-corrected chi connectivity index (χ4v) is 1.81. The molecule has 0 saturated heterocycles. The topological polar surface area (TPSA) is 64.3 Å². The van der Waals surface area contributed by atoms with Crippen LogP contribution >= 0.6 is 0 Å². The molecule has 0 saturated carbocycles. The van der Waals surface area contributed by atoms with Gasteiger partial charge in [-0.25, -0.2) is 8.78 Å². The first-order chi connectivity index (χ1) is 9.99. The number of rotatable bonds is 4. The van der Waals surface area contributed by atoms with Gasteiger partial charge in [-0.15, -0.1) is 0 Å². The molecule has 0 aliphatic carbocycles. The van der Waals surface area contributed by atoms with E-state index in [9.17, 15) is 13.6 Å². The number of nitrogens with two attached hydrogens (primary N) is 1. The number of hydrogen-bond donors (Lipinski definition) is 2. The summed E-state index contributed by atoms with van der Waals surface area (Å²) in [6.45, 7) is -0.0535. The summed E-state index contributed by atoms with van der Waals surface area (Å²) in [6.07, 6.45) is 0. The minimum absolute atomic E-state index is 0.0535. The molecule has 6 heteroatoms. The summed E-state index contributed by atoms with van der Waals surface area (Å²) in [7, 11) is 1.46. The van der Waals surface area contributed by atoms with Gasteiger partial charge >= 0.3 is 0 Å². The summed E-state index contributed by atoms with van der Waals surface area (Å²) in [6, 6.07) is 7.77. The van der Waals surface area contributed by atoms with Crippen molar-refractivity contribution >= 4 is 11.6 Å². The molecule has 110 valence electrons. The highest BCUT2D eigenvalue weighted by Gasteiger charge is 2.10. The standard InChI is InChI=1S/C15H14F2N2O2/c1-21-13-5-10(4-12(18)7-13)15(20)19-8-9-2-3-11(16)6-14(9)17/h2-7H,8,18H2,1H3,(H,19,20). The molecule has 2 rings (SSSR count). The van der Waals surface area contributed by atoms with Crippen LogP contribution in [-0.2, 0) is 6.54 Å². The van der Waals surface area contributed by atoms with E-state index in [1.807, 2.05) is 0 Å². The maximum Gasteiger partial charge on any atom is 0.251 e. The van der Waals surface area contributed by atoms with Crippen molar-refractivity contribution in [2.45, 2.75) is 6.54 Å². The lowest BCUT2D eigenvalue weighted by molar-refractivity contribution is 0.0950. The molecule has 21 heavy (non-hydrogen) atoms. The molecule has 0 unspecified atom stereocenters. The Balaban J connectivity index is 2.09. The van der Waals surface area contributed by atoms with Gasteiger partial charge in [0.2, 0.25) is 0 Å². The number of amides is 1. The van der Waals surface area contributed by atoms with E-state index < -0.39 is 17.5 Å². The normalized spacial score (nSPS) is 10.2. The monoisotopic (exact) mass is 292 g/mol. The summed E-state index contributed by atoms with van der Waals surface area (Å²) in [5.74, 6) is -1.35. The molecule has 3 N–H and O–H groups in total. The Bertz CT molecular complexity index is 675. The molecular weight excluding hydrogens is 278 g/mol. The van der Waals surface area contributed by atoms with Crippen molar-refractivity contribution in [3.05, 3.63) is 59.2 Å². The zero-order valence-corrected chi connectivity index (χ0v) is 11.3. The van der Waals surface area contributed by atoms with E-state index in [-0.39, 0.29) is 12.1 Å². The van der Waals surface area contributed by atoms with Crippen LogP contribution in [0.25, 0.3) is 0 Å². The zero-order chi connectivity index (χ0) is 15.4. The van der Waals surface area contributed by atoms with E-state index in [1.54, 1.807) is 6.07 Å². The van der Waals surface area contributed by atoms with E-state index >= 15 is 0 Å². The number of hydrogen-bond acceptors (Lipinski definition) is 3. The van der Waals surface area contributed by atoms with Crippen LogP contribution in [0.15, 0.2) is 36.4 Å². The van der Waals surface area contributed by atoms with Crippen molar-refractivity contribution in [3.8, 4) is 5.75 Å². The number of carbonyl (C=O) groups is 1. The first-order valence-electron chi connectivity index (χ1n) is 6.16. The number of methoxy groups -OCH3 is 1. The van der Waals surface area contributed by atoms with Crippen LogP contribution < -0.4 is 15.8 Å². The van der Waals surface area contributed by atoms with Crippen LogP contribution in [0.4, 0.5) is 14.5 Å². The Kier molecular flexibility index (Phi) is 4.37. The Morgan fingerprint density at radius 1 is 1.24 bits per heavy atom. The number of benzene rings is 2. The summed E-state index contributed by atoms with van der Waals surface area (Å²) in [4.78, 5) is 12.0. The van der Waals surface area contributed by atoms with Gasteiger partial charge in [-0.05, 0) is 18.2 Å². The lowest BCUT2D eigenvalue weighted by Gasteiger charge is -2.09. The largest absolute Gasteiger partial charge is 0.497 e. The second-order valence-electron chi connectivity index (χ2n) is 4.41. The van der Waals surface area contributed by atoms with E-state index in [0.717, 1.165) is 12.1 Å². The molecule has 0 heterocycles. The fraction of sp³-hybridized carbons (Fsp3) is 0.133. The van der Waals surface area contributed by atoms with Crippen molar-refractivity contribution in [3.63, 3.8) is 0 Å². The van der Waals surface area contributed by atoms with Crippen molar-refractivity contribution in [1.82, 2.24) is 5.32 Å². The van der Waals surface area contributed by atoms with Crippen LogP contribution in [-0.4, -0.2) is 13.0 Å². The Morgan fingerprint density at radius 3 is 2.67 bits per heavy atom. The number of ether oxygens (including phenoxy) is 1. The fourth-order valence-electron chi connectivity index (χ4n) is 1.81. The van der Waals surface area contributed by atoms with Gasteiger partial charge < -0.3 is 15.8 Å². The number of halogens is 2. The molecule has 4 nitrogen and oxygen atoms in total. The predicted molar refractivity (Wildman–Crippen MR) is 74.9 cm³/mol. The highest BCUT2D eigenvalue weighted by Crippen LogP contribution is 2.18. The molecule has 0 radical (unpaired) electrons. The van der Waals surface area contributed by atoms with Crippen molar-refractivity contribution in [2.24, 2.45) is 0 Å². The number of nitrogens with one attached hydrogen (secondary N) is 1. The number of carbonyl (C=O) groups excluding carboxylic acids is 1. The minimum Gasteiger partial charge on any atom is -0.497 e. The van der Waals surface area contributed by atoms with Crippen LogP contribution in [0, 0.1) is 11.6 Å². The van der Waals surface area contributed by atoms with Gasteiger partial charge in [0.05, 0.1) is 7.11 Å². The quantitative estimate of drug-likeness (QED) is 0.851. The SMILES string of the molecule is COc1cc(N)cc(C(=O)NCc2ccc(F)cc2F)c1. The van der Waals surface area contributed by atoms with Crippen LogP contribution in [0.3, 0.4) is 0 Å². The average molecular weight is 292 g/mol. The summed E-state index contributed by atoms with van der Waals surface area (Å²) in [5, 5.41) is 2.54. The highest BCUT2D eigenvalue weighted by atomic mass is 19.1. The second kappa shape index (κ2) is 6.21. The van der Waals surface area contributed by atoms with E-state index in [0.29, 0.717) is 17.0 Å². The van der Waals surface area contributed by atoms with Crippen molar-refractivity contribution < 1.29 is 18.3 Å². The summed E-state index contributed by atoms with van der Waals surface area (Å²) >= 11 is 0. The van der Waals surface area contributed by atoms with E-state index in [4.69, 9.17) is 10.5 Å². The van der Waals surface area contributed by atoms with E-state index in [1.165, 1.54) is 25.3 Å². The first-order valence-corrected chi connectivity index (χ1v) is 6.16. The molecule has 0 bridgehead atoms. The molecule has 2 aromatic carbocycles. The minimum atomic E-state index is -0.708. The van der Waals surface area contributed by atoms with Gasteiger partial charge in [0.25, 0.3) is 5.91 Å². The van der Waals surface area contributed by atoms with Crippen LogP contribution in [0.1, 0.15) is 15.9 Å². The van der Waals surface area contributed by atoms with Gasteiger partial charge in [-0.2, -0.15) is 0 Å². The average Bonchev–Trinajstić information content (AvgIpc) is 2.45. The smallest absolute Gasteiger partial charge is 0.251 e. The van der Waals surface area contributed by atoms with Gasteiger partial charge in [0, 0.05) is 35.5 Å². The molecule has 0 aromatic heterocycles. The van der Waals surface area contributed by atoms with Gasteiger partial charge in [-0.3, -0.25) is 4.79 Å². The first kappa shape index (κ1) is 14.8. The molecule has 2 aromatic rings. The Morgan fingerprint density at radius 2 is 2.00 bits per heavy atom. The maximum atomic E-state index is 13.5. The Hall–Kier alpha value is -2.63. The molecule has 0 spiro atoms. The lowest BCUT2D eigenvalue weighted by Crippen LogP contribution is -2.23. The van der Waals surface area contributed by atoms with E-state index in [2.05, 4.69) is 5.32 Å². The third-order valence-corrected chi connectivity index (χ3v) is 2.88. The summed E-state index contributed by atoms with van der Waals surface area (Å²) in [5.41, 5.74) is 6.54. The maximum absolute atomic E-state index is 13.5. The van der Waals surface area contributed by atoms with Crippen molar-refractivity contribution in [1.29, 1.82) is 0 Å². The van der Waals surface area contributed by atoms with Gasteiger partial charge in [-0.1, -0.05) is 6.07 Å². The lowest BCUT2D eigenvalue weighted by atomic mass is 10.1. The van der Waals surface area contributed by atoms with Crippen LogP contribution in [0.2, 0.25) is 0 Å². The highest BCUT2D eigenvalue weighted by molar-refractivity contribution is 5.95. The number of nitrogen functional groups attached to an aromatic ring is 1. The zero-order valence-electron chi connectivity index (χ0n) is 11.3. The second-order valence-corrected chi connectivity index (χ2v) is 4.41. The molecular formula is C15H14F2N2O2. The third-order valence-electron chi connectivity index (χ3n) is 2.88. The third kappa shape index (κ3) is 3.68. The van der Waals surface area contributed by atoms with Gasteiger partial charge in [0.1, 0.15) is 17.4 Å². The summed E-state index contributed by atoms with van der Waals surface area (Å²) < 4.78 is 31.3. The number of anilines is 1. The molecule has 1 amide bonds.